The van der Waals surface area contributed by atoms with Crippen molar-refractivity contribution in [3.05, 3.63) is 112 Å². The number of benzene rings is 3. The van der Waals surface area contributed by atoms with Gasteiger partial charge in [-0.1, -0.05) is 54.1 Å². The highest BCUT2D eigenvalue weighted by Crippen LogP contribution is 2.33. The second-order valence-electron chi connectivity index (χ2n) is 8.45. The first-order valence-corrected chi connectivity index (χ1v) is 11.7. The minimum atomic E-state index is -0.245. The van der Waals surface area contributed by atoms with Crippen LogP contribution in [0.2, 0.25) is 5.02 Å². The number of hydrogen-bond acceptors (Lipinski definition) is 3. The van der Waals surface area contributed by atoms with E-state index in [1.807, 2.05) is 30.3 Å². The molecule has 6 heteroatoms. The zero-order valence-electron chi connectivity index (χ0n) is 18.5. The number of carbonyl (C=O) groups excluding carboxylic acids is 1. The fourth-order valence-corrected chi connectivity index (χ4v) is 4.42. The molecule has 34 heavy (non-hydrogen) atoms. The molecule has 0 spiro atoms. The fraction of sp³-hybridized carbons (Fsp3) is 0.179. The Morgan fingerprint density at radius 3 is 2.50 bits per heavy atom. The number of aryl methyl sites for hydroxylation is 4. The molecule has 0 atom stereocenters. The first-order chi connectivity index (χ1) is 16.5. The minimum absolute atomic E-state index is 0.157. The van der Waals surface area contributed by atoms with Gasteiger partial charge < -0.3 is 5.32 Å². The van der Waals surface area contributed by atoms with Gasteiger partial charge in [-0.3, -0.25) is 4.79 Å². The predicted octanol–water partition coefficient (Wildman–Crippen LogP) is 6.00. The Kier molecular flexibility index (Phi) is 6.37. The molecule has 1 heterocycles. The summed E-state index contributed by atoms with van der Waals surface area (Å²) in [5.41, 5.74) is 6.23. The molecular weight excluding hydrogens is 449 g/mol. The molecule has 0 unspecified atom stereocenters. The monoisotopic (exact) mass is 471 g/mol. The van der Waals surface area contributed by atoms with Gasteiger partial charge in [0.1, 0.15) is 5.82 Å². The zero-order chi connectivity index (χ0) is 23.5. The van der Waals surface area contributed by atoms with E-state index in [0.717, 1.165) is 40.2 Å². The molecule has 170 valence electrons. The van der Waals surface area contributed by atoms with Crippen LogP contribution in [0.1, 0.15) is 28.1 Å². The second kappa shape index (κ2) is 9.74. The summed E-state index contributed by atoms with van der Waals surface area (Å²) in [6.45, 7) is 0. The Labute approximate surface area is 202 Å². The molecule has 0 aliphatic heterocycles. The first kappa shape index (κ1) is 22.2. The van der Waals surface area contributed by atoms with Gasteiger partial charge in [0, 0.05) is 10.6 Å². The summed E-state index contributed by atoms with van der Waals surface area (Å²) in [6.07, 6.45) is 2.95. The van der Waals surface area contributed by atoms with Gasteiger partial charge in [0.05, 0.1) is 23.5 Å². The van der Waals surface area contributed by atoms with Crippen LogP contribution in [0.4, 0.5) is 10.2 Å². The molecule has 1 N–H and O–H groups in total. The molecule has 4 aromatic rings. The number of carbonyl (C=O) groups is 1. The maximum atomic E-state index is 13.8. The van der Waals surface area contributed by atoms with Crippen molar-refractivity contribution in [2.75, 3.05) is 5.32 Å². The van der Waals surface area contributed by atoms with Gasteiger partial charge in [-0.25, -0.2) is 14.4 Å². The van der Waals surface area contributed by atoms with Crippen molar-refractivity contribution in [1.82, 2.24) is 9.97 Å². The molecular formula is C28H23ClFN3O. The molecule has 1 aliphatic rings. The van der Waals surface area contributed by atoms with Gasteiger partial charge in [0.2, 0.25) is 5.91 Å². The zero-order valence-corrected chi connectivity index (χ0v) is 19.3. The number of rotatable bonds is 6. The lowest BCUT2D eigenvalue weighted by Gasteiger charge is -2.21. The Hall–Kier alpha value is -3.57. The number of nitrogens with one attached hydrogen (secondary N) is 1. The summed E-state index contributed by atoms with van der Waals surface area (Å²) >= 11 is 5.96. The van der Waals surface area contributed by atoms with E-state index in [2.05, 4.69) is 17.4 Å². The van der Waals surface area contributed by atoms with E-state index in [0.29, 0.717) is 30.1 Å². The topological polar surface area (TPSA) is 54.9 Å². The van der Waals surface area contributed by atoms with E-state index in [-0.39, 0.29) is 18.1 Å². The van der Waals surface area contributed by atoms with Crippen LogP contribution in [-0.2, 0) is 36.9 Å². The Bertz CT molecular complexity index is 1340. The van der Waals surface area contributed by atoms with Crippen molar-refractivity contribution in [3.8, 4) is 11.3 Å². The van der Waals surface area contributed by atoms with E-state index >= 15 is 0 Å². The third kappa shape index (κ3) is 5.00. The van der Waals surface area contributed by atoms with Crippen LogP contribution in [0, 0.1) is 5.82 Å². The Morgan fingerprint density at radius 2 is 1.71 bits per heavy atom. The van der Waals surface area contributed by atoms with Crippen molar-refractivity contribution in [2.24, 2.45) is 0 Å². The van der Waals surface area contributed by atoms with E-state index < -0.39 is 0 Å². The van der Waals surface area contributed by atoms with Crippen molar-refractivity contribution in [1.29, 1.82) is 0 Å². The van der Waals surface area contributed by atoms with Gasteiger partial charge >= 0.3 is 0 Å². The van der Waals surface area contributed by atoms with Crippen LogP contribution in [-0.4, -0.2) is 15.9 Å². The number of anilines is 1. The predicted molar refractivity (Wildman–Crippen MR) is 132 cm³/mol. The maximum absolute atomic E-state index is 13.8. The average molecular weight is 472 g/mol. The SMILES string of the molecule is O=C(Cc1ccc(Cl)cc1)Nc1nc2c(nc1CCc1ccccc1)-c1ccc(F)cc1CC2. The Balaban J connectivity index is 1.46. The third-order valence-electron chi connectivity index (χ3n) is 6.02. The van der Waals surface area contributed by atoms with E-state index in [9.17, 15) is 9.18 Å². The highest BCUT2D eigenvalue weighted by molar-refractivity contribution is 6.30. The molecule has 0 radical (unpaired) electrons. The lowest BCUT2D eigenvalue weighted by molar-refractivity contribution is -0.115. The summed E-state index contributed by atoms with van der Waals surface area (Å²) in [7, 11) is 0. The number of halogens is 2. The number of fused-ring (bicyclic) bond motifs is 3. The van der Waals surface area contributed by atoms with Gasteiger partial charge in [-0.15, -0.1) is 0 Å². The Morgan fingerprint density at radius 1 is 0.912 bits per heavy atom. The minimum Gasteiger partial charge on any atom is -0.309 e. The molecule has 0 fully saturated rings. The van der Waals surface area contributed by atoms with Crippen LogP contribution in [0.25, 0.3) is 11.3 Å². The average Bonchev–Trinajstić information content (AvgIpc) is 2.84. The van der Waals surface area contributed by atoms with E-state index in [1.165, 1.54) is 11.6 Å². The number of amides is 1. The molecule has 0 bridgehead atoms. The van der Waals surface area contributed by atoms with Crippen molar-refractivity contribution < 1.29 is 9.18 Å². The molecule has 1 aliphatic carbocycles. The summed E-state index contributed by atoms with van der Waals surface area (Å²) < 4.78 is 13.8. The van der Waals surface area contributed by atoms with Gasteiger partial charge in [0.15, 0.2) is 5.82 Å². The number of aromatic nitrogens is 2. The molecule has 1 amide bonds. The lowest BCUT2D eigenvalue weighted by Crippen LogP contribution is -2.20. The molecule has 4 nitrogen and oxygen atoms in total. The normalized spacial score (nSPS) is 12.1. The van der Waals surface area contributed by atoms with Crippen LogP contribution in [0.15, 0.2) is 72.8 Å². The van der Waals surface area contributed by atoms with Crippen LogP contribution in [0.3, 0.4) is 0 Å². The van der Waals surface area contributed by atoms with Crippen LogP contribution < -0.4 is 5.32 Å². The standard InChI is InChI=1S/C28H23ClFN3O/c29-21-10-6-19(7-11-21)16-26(34)33-28-25(14-8-18-4-2-1-3-5-18)31-27-23-13-12-22(30)17-20(23)9-15-24(27)32-28/h1-7,10-13,17H,8-9,14-16H2,(H,32,33,34). The smallest absolute Gasteiger partial charge is 0.229 e. The molecule has 3 aromatic carbocycles. The maximum Gasteiger partial charge on any atom is 0.229 e. The third-order valence-corrected chi connectivity index (χ3v) is 6.27. The molecule has 0 saturated heterocycles. The lowest BCUT2D eigenvalue weighted by atomic mass is 9.91. The largest absolute Gasteiger partial charge is 0.309 e. The van der Waals surface area contributed by atoms with Crippen molar-refractivity contribution in [2.45, 2.75) is 32.1 Å². The van der Waals surface area contributed by atoms with Crippen LogP contribution in [0.5, 0.6) is 0 Å². The molecule has 1 aromatic heterocycles. The van der Waals surface area contributed by atoms with E-state index in [4.69, 9.17) is 21.6 Å². The fourth-order valence-electron chi connectivity index (χ4n) is 4.29. The quantitative estimate of drug-likeness (QED) is 0.375. The second-order valence-corrected chi connectivity index (χ2v) is 8.89. The van der Waals surface area contributed by atoms with Gasteiger partial charge in [-0.2, -0.15) is 0 Å². The number of hydrogen-bond donors (Lipinski definition) is 1. The molecule has 0 saturated carbocycles. The summed E-state index contributed by atoms with van der Waals surface area (Å²) in [4.78, 5) is 22.6. The first-order valence-electron chi connectivity index (χ1n) is 11.3. The highest BCUT2D eigenvalue weighted by Gasteiger charge is 2.23. The van der Waals surface area contributed by atoms with Crippen molar-refractivity contribution in [3.63, 3.8) is 0 Å². The molecule has 5 rings (SSSR count). The number of nitrogens with zero attached hydrogens (tertiary/aromatic N) is 2. The van der Waals surface area contributed by atoms with Gasteiger partial charge in [-0.05, 0) is 72.7 Å². The van der Waals surface area contributed by atoms with E-state index in [1.54, 1.807) is 24.3 Å². The highest BCUT2D eigenvalue weighted by atomic mass is 35.5. The summed E-state index contributed by atoms with van der Waals surface area (Å²) in [6, 6.07) is 22.2. The van der Waals surface area contributed by atoms with Crippen molar-refractivity contribution >= 4 is 23.3 Å². The summed E-state index contributed by atoms with van der Waals surface area (Å²) in [5, 5.41) is 3.62. The van der Waals surface area contributed by atoms with Gasteiger partial charge in [0.25, 0.3) is 0 Å². The van der Waals surface area contributed by atoms with Crippen LogP contribution >= 0.6 is 11.6 Å². The summed E-state index contributed by atoms with van der Waals surface area (Å²) in [5.74, 6) is 0.0977.